The molecule has 2 aromatic rings. The zero-order chi connectivity index (χ0) is 13.2. The van der Waals surface area contributed by atoms with Crippen molar-refractivity contribution >= 4 is 33.0 Å². The lowest BCUT2D eigenvalue weighted by Gasteiger charge is -2.05. The Morgan fingerprint density at radius 2 is 1.56 bits per heavy atom. The Hall–Kier alpha value is -1.03. The Labute approximate surface area is 116 Å². The van der Waals surface area contributed by atoms with E-state index in [2.05, 4.69) is 0 Å². The third-order valence-corrected chi connectivity index (χ3v) is 4.87. The lowest BCUT2D eigenvalue weighted by Crippen LogP contribution is -2.04. The zero-order valence-corrected chi connectivity index (χ0v) is 11.6. The molecule has 0 aliphatic rings. The van der Waals surface area contributed by atoms with Crippen LogP contribution >= 0.6 is 23.2 Å². The minimum absolute atomic E-state index is 0.0498. The maximum atomic E-state index is 12.2. The van der Waals surface area contributed by atoms with E-state index < -0.39 is 9.84 Å². The quantitative estimate of drug-likeness (QED) is 0.859. The topological polar surface area (TPSA) is 34.1 Å². The Kier molecular flexibility index (Phi) is 3.95. The number of hydrogen-bond donors (Lipinski definition) is 0. The van der Waals surface area contributed by atoms with E-state index in [1.807, 2.05) is 6.07 Å². The van der Waals surface area contributed by atoms with Gasteiger partial charge in [-0.1, -0.05) is 53.5 Å². The van der Waals surface area contributed by atoms with Crippen LogP contribution in [0.15, 0.2) is 53.4 Å². The van der Waals surface area contributed by atoms with Crippen LogP contribution < -0.4 is 0 Å². The minimum Gasteiger partial charge on any atom is -0.223 e. The molecule has 94 valence electrons. The second-order valence-electron chi connectivity index (χ2n) is 3.82. The van der Waals surface area contributed by atoms with Gasteiger partial charge in [0.2, 0.25) is 0 Å². The van der Waals surface area contributed by atoms with Gasteiger partial charge in [0.1, 0.15) is 0 Å². The number of rotatable bonds is 3. The molecule has 2 aromatic carbocycles. The first kappa shape index (κ1) is 13.4. The van der Waals surface area contributed by atoms with Crippen LogP contribution in [-0.2, 0) is 15.6 Å². The van der Waals surface area contributed by atoms with Crippen molar-refractivity contribution < 1.29 is 8.42 Å². The SMILES string of the molecule is O=S(=O)(Cc1ccccc1)c1ccc(Cl)c(Cl)c1. The van der Waals surface area contributed by atoms with Crippen molar-refractivity contribution in [1.29, 1.82) is 0 Å². The van der Waals surface area contributed by atoms with Gasteiger partial charge < -0.3 is 0 Å². The van der Waals surface area contributed by atoms with Gasteiger partial charge in [-0.25, -0.2) is 8.42 Å². The zero-order valence-electron chi connectivity index (χ0n) is 9.31. The van der Waals surface area contributed by atoms with Gasteiger partial charge in [0, 0.05) is 0 Å². The predicted octanol–water partition coefficient (Wildman–Crippen LogP) is 3.97. The lowest BCUT2D eigenvalue weighted by molar-refractivity contribution is 0.595. The van der Waals surface area contributed by atoms with Gasteiger partial charge in [0.15, 0.2) is 9.84 Å². The van der Waals surface area contributed by atoms with Crippen molar-refractivity contribution in [3.63, 3.8) is 0 Å². The molecule has 0 radical (unpaired) electrons. The van der Waals surface area contributed by atoms with E-state index >= 15 is 0 Å². The summed E-state index contributed by atoms with van der Waals surface area (Å²) in [5.41, 5.74) is 0.739. The van der Waals surface area contributed by atoms with E-state index in [-0.39, 0.29) is 15.7 Å². The van der Waals surface area contributed by atoms with Gasteiger partial charge >= 0.3 is 0 Å². The normalized spacial score (nSPS) is 11.4. The predicted molar refractivity (Wildman–Crippen MR) is 73.8 cm³/mol. The van der Waals surface area contributed by atoms with Crippen LogP contribution in [0.25, 0.3) is 0 Å². The molecule has 0 aliphatic carbocycles. The largest absolute Gasteiger partial charge is 0.223 e. The maximum absolute atomic E-state index is 12.2. The molecule has 0 saturated heterocycles. The summed E-state index contributed by atoms with van der Waals surface area (Å²) in [5.74, 6) is -0.0498. The summed E-state index contributed by atoms with van der Waals surface area (Å²) in [7, 11) is -3.40. The molecular formula is C13H10Cl2O2S. The number of sulfone groups is 1. The van der Waals surface area contributed by atoms with Crippen molar-refractivity contribution in [2.75, 3.05) is 0 Å². The molecule has 0 heterocycles. The van der Waals surface area contributed by atoms with Gasteiger partial charge in [0.25, 0.3) is 0 Å². The molecule has 2 rings (SSSR count). The van der Waals surface area contributed by atoms with E-state index in [1.165, 1.54) is 18.2 Å². The van der Waals surface area contributed by atoms with E-state index in [9.17, 15) is 8.42 Å². The van der Waals surface area contributed by atoms with Crippen LogP contribution in [0.1, 0.15) is 5.56 Å². The summed E-state index contributed by atoms with van der Waals surface area (Å²) in [6.45, 7) is 0. The molecule has 0 saturated carbocycles. The lowest BCUT2D eigenvalue weighted by atomic mass is 10.2. The first-order chi connectivity index (χ1) is 8.49. The summed E-state index contributed by atoms with van der Waals surface area (Å²) in [5, 5.41) is 0.584. The highest BCUT2D eigenvalue weighted by atomic mass is 35.5. The first-order valence-electron chi connectivity index (χ1n) is 5.21. The van der Waals surface area contributed by atoms with Crippen molar-refractivity contribution in [1.82, 2.24) is 0 Å². The molecule has 0 unspecified atom stereocenters. The number of hydrogen-bond acceptors (Lipinski definition) is 2. The van der Waals surface area contributed by atoms with Gasteiger partial charge in [-0.2, -0.15) is 0 Å². The van der Waals surface area contributed by atoms with Crippen LogP contribution in [0.5, 0.6) is 0 Å². The molecule has 0 bridgehead atoms. The fourth-order valence-electron chi connectivity index (χ4n) is 1.55. The molecule has 18 heavy (non-hydrogen) atoms. The highest BCUT2D eigenvalue weighted by Crippen LogP contribution is 2.26. The molecule has 0 amide bonds. The third-order valence-electron chi connectivity index (χ3n) is 2.45. The minimum atomic E-state index is -3.40. The van der Waals surface area contributed by atoms with E-state index in [0.29, 0.717) is 5.02 Å². The molecule has 0 N–H and O–H groups in total. The summed E-state index contributed by atoms with van der Waals surface area (Å²) in [6.07, 6.45) is 0. The van der Waals surface area contributed by atoms with E-state index in [4.69, 9.17) is 23.2 Å². The Morgan fingerprint density at radius 1 is 0.889 bits per heavy atom. The molecule has 0 aromatic heterocycles. The Morgan fingerprint density at radius 3 is 2.17 bits per heavy atom. The van der Waals surface area contributed by atoms with Crippen molar-refractivity contribution in [3.8, 4) is 0 Å². The fraction of sp³-hybridized carbons (Fsp3) is 0.0769. The average molecular weight is 301 g/mol. The maximum Gasteiger partial charge on any atom is 0.182 e. The van der Waals surface area contributed by atoms with Crippen LogP contribution in [0.2, 0.25) is 10.0 Å². The number of benzene rings is 2. The third kappa shape index (κ3) is 3.05. The molecule has 0 aliphatic heterocycles. The second kappa shape index (κ2) is 5.31. The molecule has 2 nitrogen and oxygen atoms in total. The standard InChI is InChI=1S/C13H10Cl2O2S/c14-12-7-6-11(8-13(12)15)18(16,17)9-10-4-2-1-3-5-10/h1-8H,9H2. The Bertz CT molecular complexity index is 652. The average Bonchev–Trinajstić information content (AvgIpc) is 2.33. The molecule has 0 fully saturated rings. The summed E-state index contributed by atoms with van der Waals surface area (Å²) < 4.78 is 24.3. The first-order valence-corrected chi connectivity index (χ1v) is 7.61. The highest BCUT2D eigenvalue weighted by molar-refractivity contribution is 7.90. The number of halogens is 2. The second-order valence-corrected chi connectivity index (χ2v) is 6.62. The van der Waals surface area contributed by atoms with Crippen molar-refractivity contribution in [3.05, 3.63) is 64.1 Å². The molecular weight excluding hydrogens is 291 g/mol. The van der Waals surface area contributed by atoms with Crippen molar-refractivity contribution in [2.45, 2.75) is 10.6 Å². The smallest absolute Gasteiger partial charge is 0.182 e. The van der Waals surface area contributed by atoms with Crippen LogP contribution in [0.4, 0.5) is 0 Å². The van der Waals surface area contributed by atoms with Crippen LogP contribution in [0.3, 0.4) is 0 Å². The summed E-state index contributed by atoms with van der Waals surface area (Å²) >= 11 is 11.6. The van der Waals surface area contributed by atoms with E-state index in [0.717, 1.165) is 5.56 Å². The fourth-order valence-corrected chi connectivity index (χ4v) is 3.28. The van der Waals surface area contributed by atoms with Gasteiger partial charge in [-0.15, -0.1) is 0 Å². The summed E-state index contributed by atoms with van der Waals surface area (Å²) in [6, 6.07) is 13.3. The van der Waals surface area contributed by atoms with Gasteiger partial charge in [-0.05, 0) is 23.8 Å². The van der Waals surface area contributed by atoms with Gasteiger partial charge in [0.05, 0.1) is 20.7 Å². The highest BCUT2D eigenvalue weighted by Gasteiger charge is 2.16. The van der Waals surface area contributed by atoms with Gasteiger partial charge in [-0.3, -0.25) is 0 Å². The monoisotopic (exact) mass is 300 g/mol. The molecule has 5 heteroatoms. The Balaban J connectivity index is 2.34. The van der Waals surface area contributed by atoms with Crippen LogP contribution in [-0.4, -0.2) is 8.42 Å². The molecule has 0 spiro atoms. The van der Waals surface area contributed by atoms with Crippen LogP contribution in [0, 0.1) is 0 Å². The summed E-state index contributed by atoms with van der Waals surface area (Å²) in [4.78, 5) is 0.181. The van der Waals surface area contributed by atoms with Crippen molar-refractivity contribution in [2.24, 2.45) is 0 Å². The van der Waals surface area contributed by atoms with E-state index in [1.54, 1.807) is 24.3 Å². The molecule has 0 atom stereocenters.